The highest BCUT2D eigenvalue weighted by atomic mass is 16.3. The summed E-state index contributed by atoms with van der Waals surface area (Å²) in [5.41, 5.74) is 2.51. The fourth-order valence-corrected chi connectivity index (χ4v) is 5.29. The van der Waals surface area contributed by atoms with Crippen LogP contribution in [0.2, 0.25) is 0 Å². The van der Waals surface area contributed by atoms with Crippen molar-refractivity contribution >= 4 is 5.91 Å². The van der Waals surface area contributed by atoms with Crippen molar-refractivity contribution in [3.63, 3.8) is 0 Å². The molecule has 2 N–H and O–H groups in total. The minimum atomic E-state index is -0.199. The van der Waals surface area contributed by atoms with Gasteiger partial charge in [-0.05, 0) is 75.0 Å². The first-order valence-electron chi connectivity index (χ1n) is 9.99. The van der Waals surface area contributed by atoms with Crippen LogP contribution in [0.4, 0.5) is 0 Å². The number of aliphatic hydroxyl groups is 1. The third-order valence-electron chi connectivity index (χ3n) is 6.87. The first-order valence-corrected chi connectivity index (χ1v) is 9.99. The molecule has 0 bridgehead atoms. The summed E-state index contributed by atoms with van der Waals surface area (Å²) >= 11 is 0. The number of carbonyl (C=O) groups is 1. The molecular weight excluding hydrogens is 310 g/mol. The summed E-state index contributed by atoms with van der Waals surface area (Å²) in [4.78, 5) is 11.7. The Kier molecular flexibility index (Phi) is 6.53. The molecule has 1 amide bonds. The molecule has 0 aromatic heterocycles. The van der Waals surface area contributed by atoms with Crippen molar-refractivity contribution in [3.05, 3.63) is 23.8 Å². The minimum absolute atomic E-state index is 0.00985. The van der Waals surface area contributed by atoms with Crippen LogP contribution in [0.3, 0.4) is 0 Å². The van der Waals surface area contributed by atoms with Gasteiger partial charge in [-0.25, -0.2) is 0 Å². The highest BCUT2D eigenvalue weighted by molar-refractivity contribution is 5.88. The molecule has 0 aliphatic heterocycles. The Labute approximate surface area is 154 Å². The largest absolute Gasteiger partial charge is 0.393 e. The van der Waals surface area contributed by atoms with Crippen molar-refractivity contribution < 1.29 is 9.90 Å². The molecule has 0 aromatic rings. The number of aliphatic hydroxyl groups excluding tert-OH is 1. The molecule has 2 fully saturated rings. The molecule has 2 aliphatic rings. The number of amides is 1. The van der Waals surface area contributed by atoms with Gasteiger partial charge in [0.15, 0.2) is 0 Å². The summed E-state index contributed by atoms with van der Waals surface area (Å²) in [5.74, 6) is 2.22. The lowest BCUT2D eigenvalue weighted by Gasteiger charge is -2.55. The third-order valence-corrected chi connectivity index (χ3v) is 6.87. The summed E-state index contributed by atoms with van der Waals surface area (Å²) in [7, 11) is 0. The molecule has 2 rings (SSSR count). The van der Waals surface area contributed by atoms with Gasteiger partial charge in [0.2, 0.25) is 5.91 Å². The standard InChI is InChI=1S/C22H37NO2/c1-7-23-20(25)12-14(2)8-10-17-15(3)9-11-18-21(17)16(4)13-19(24)22(18,5)6/h12,16-19,21,24H,3,7-11,13H2,1-2,4-6H3,(H,23,25)/b14-12+. The molecule has 0 radical (unpaired) electrons. The molecule has 0 saturated heterocycles. The van der Waals surface area contributed by atoms with Crippen molar-refractivity contribution in [1.82, 2.24) is 5.32 Å². The molecule has 2 saturated carbocycles. The summed E-state index contributed by atoms with van der Waals surface area (Å²) in [6.45, 7) is 15.8. The van der Waals surface area contributed by atoms with E-state index in [-0.39, 0.29) is 17.4 Å². The molecule has 142 valence electrons. The average molecular weight is 348 g/mol. The predicted octanol–water partition coefficient (Wildman–Crippen LogP) is 4.47. The van der Waals surface area contributed by atoms with Crippen LogP contribution in [0.1, 0.15) is 66.7 Å². The zero-order valence-electron chi connectivity index (χ0n) is 16.8. The molecule has 2 aliphatic carbocycles. The lowest BCUT2D eigenvalue weighted by Crippen LogP contribution is -2.52. The van der Waals surface area contributed by atoms with Gasteiger partial charge in [0, 0.05) is 12.6 Å². The van der Waals surface area contributed by atoms with Gasteiger partial charge in [-0.3, -0.25) is 4.79 Å². The molecule has 25 heavy (non-hydrogen) atoms. The van der Waals surface area contributed by atoms with E-state index in [0.29, 0.717) is 30.2 Å². The summed E-state index contributed by atoms with van der Waals surface area (Å²) in [6, 6.07) is 0. The van der Waals surface area contributed by atoms with Crippen LogP contribution in [0.5, 0.6) is 0 Å². The quantitative estimate of drug-likeness (QED) is 0.569. The van der Waals surface area contributed by atoms with Gasteiger partial charge >= 0.3 is 0 Å². The van der Waals surface area contributed by atoms with Gasteiger partial charge in [-0.15, -0.1) is 0 Å². The van der Waals surface area contributed by atoms with Gasteiger partial charge in [-0.1, -0.05) is 38.5 Å². The molecule has 5 unspecified atom stereocenters. The fraction of sp³-hybridized carbons (Fsp3) is 0.773. The van der Waals surface area contributed by atoms with E-state index in [1.807, 2.05) is 6.92 Å². The average Bonchev–Trinajstić information content (AvgIpc) is 2.51. The van der Waals surface area contributed by atoms with Crippen LogP contribution < -0.4 is 5.32 Å². The van der Waals surface area contributed by atoms with E-state index in [4.69, 9.17) is 0 Å². The van der Waals surface area contributed by atoms with E-state index in [0.717, 1.165) is 37.7 Å². The van der Waals surface area contributed by atoms with Crippen molar-refractivity contribution in [3.8, 4) is 0 Å². The number of hydrogen-bond donors (Lipinski definition) is 2. The Hall–Kier alpha value is -1.09. The highest BCUT2D eigenvalue weighted by Gasteiger charge is 2.51. The Morgan fingerprint density at radius 1 is 1.44 bits per heavy atom. The summed E-state index contributed by atoms with van der Waals surface area (Å²) in [5, 5.41) is 13.4. The van der Waals surface area contributed by atoms with Gasteiger partial charge < -0.3 is 10.4 Å². The maximum Gasteiger partial charge on any atom is 0.243 e. The van der Waals surface area contributed by atoms with Gasteiger partial charge in [0.25, 0.3) is 0 Å². The molecule has 0 heterocycles. The minimum Gasteiger partial charge on any atom is -0.393 e. The van der Waals surface area contributed by atoms with E-state index >= 15 is 0 Å². The Balaban J connectivity index is 2.11. The summed E-state index contributed by atoms with van der Waals surface area (Å²) in [6.07, 6.45) is 6.68. The lowest BCUT2D eigenvalue weighted by atomic mass is 9.50. The number of fused-ring (bicyclic) bond motifs is 1. The molecule has 3 heteroatoms. The smallest absolute Gasteiger partial charge is 0.243 e. The van der Waals surface area contributed by atoms with Crippen LogP contribution >= 0.6 is 0 Å². The van der Waals surface area contributed by atoms with Crippen LogP contribution in [0.25, 0.3) is 0 Å². The van der Waals surface area contributed by atoms with Crippen LogP contribution in [0.15, 0.2) is 23.8 Å². The second kappa shape index (κ2) is 8.07. The summed E-state index contributed by atoms with van der Waals surface area (Å²) < 4.78 is 0. The first-order chi connectivity index (χ1) is 11.7. The molecule has 0 spiro atoms. The van der Waals surface area contributed by atoms with Crippen LogP contribution in [-0.2, 0) is 4.79 Å². The number of rotatable bonds is 5. The van der Waals surface area contributed by atoms with E-state index in [1.54, 1.807) is 6.08 Å². The molecule has 0 aromatic carbocycles. The lowest BCUT2D eigenvalue weighted by molar-refractivity contribution is -0.116. The number of likely N-dealkylation sites (N-methyl/N-ethyl adjacent to an activating group) is 1. The third kappa shape index (κ3) is 4.36. The monoisotopic (exact) mass is 347 g/mol. The second-order valence-corrected chi connectivity index (χ2v) is 8.96. The highest BCUT2D eigenvalue weighted by Crippen LogP contribution is 2.56. The number of hydrogen-bond acceptors (Lipinski definition) is 2. The zero-order chi connectivity index (χ0) is 18.8. The van der Waals surface area contributed by atoms with Crippen molar-refractivity contribution in [2.24, 2.45) is 29.1 Å². The van der Waals surface area contributed by atoms with E-state index in [2.05, 4.69) is 39.6 Å². The van der Waals surface area contributed by atoms with Crippen molar-refractivity contribution in [2.75, 3.05) is 6.54 Å². The maximum absolute atomic E-state index is 11.7. The first kappa shape index (κ1) is 20.2. The zero-order valence-corrected chi connectivity index (χ0v) is 16.8. The van der Waals surface area contributed by atoms with Gasteiger partial charge in [0.05, 0.1) is 6.10 Å². The van der Waals surface area contributed by atoms with Gasteiger partial charge in [-0.2, -0.15) is 0 Å². The predicted molar refractivity (Wildman–Crippen MR) is 104 cm³/mol. The van der Waals surface area contributed by atoms with Crippen LogP contribution in [-0.4, -0.2) is 23.7 Å². The number of nitrogens with one attached hydrogen (secondary N) is 1. The van der Waals surface area contributed by atoms with Crippen LogP contribution in [0, 0.1) is 29.1 Å². The SMILES string of the molecule is C=C1CCC2C(C(C)CC(O)C2(C)C)C1CC/C(C)=C/C(=O)NCC. The molecule has 5 atom stereocenters. The maximum atomic E-state index is 11.7. The molecule has 3 nitrogen and oxygen atoms in total. The Morgan fingerprint density at radius 2 is 2.12 bits per heavy atom. The van der Waals surface area contributed by atoms with E-state index in [1.165, 1.54) is 5.57 Å². The number of allylic oxidation sites excluding steroid dienone is 2. The normalized spacial score (nSPS) is 35.2. The number of carbonyl (C=O) groups excluding carboxylic acids is 1. The van der Waals surface area contributed by atoms with E-state index in [9.17, 15) is 9.90 Å². The van der Waals surface area contributed by atoms with Gasteiger partial charge in [0.1, 0.15) is 0 Å². The second-order valence-electron chi connectivity index (χ2n) is 8.96. The van der Waals surface area contributed by atoms with Crippen molar-refractivity contribution in [1.29, 1.82) is 0 Å². The molecular formula is C22H37NO2. The fourth-order valence-electron chi connectivity index (χ4n) is 5.29. The Morgan fingerprint density at radius 3 is 2.76 bits per heavy atom. The Bertz CT molecular complexity index is 534. The van der Waals surface area contributed by atoms with E-state index < -0.39 is 0 Å². The van der Waals surface area contributed by atoms with Crippen molar-refractivity contribution in [2.45, 2.75) is 72.8 Å². The topological polar surface area (TPSA) is 49.3 Å².